The minimum absolute atomic E-state index is 0.127. The lowest BCUT2D eigenvalue weighted by molar-refractivity contribution is 0.0859. The summed E-state index contributed by atoms with van der Waals surface area (Å²) in [4.78, 5) is 24.2. The molecule has 1 aliphatic heterocycles. The van der Waals surface area contributed by atoms with Crippen molar-refractivity contribution < 1.29 is 14.7 Å². The molecule has 5 N–H and O–H groups in total. The maximum atomic E-state index is 13.3. The Hall–Kier alpha value is -3.03. The summed E-state index contributed by atoms with van der Waals surface area (Å²) in [5, 5.41) is 19.3. The maximum absolute atomic E-state index is 13.3. The summed E-state index contributed by atoms with van der Waals surface area (Å²) in [6.45, 7) is 2.75. The van der Waals surface area contributed by atoms with Crippen LogP contribution in [0.25, 0.3) is 0 Å². The van der Waals surface area contributed by atoms with Crippen molar-refractivity contribution in [2.75, 3.05) is 17.6 Å². The molecule has 1 aromatic heterocycles. The summed E-state index contributed by atoms with van der Waals surface area (Å²) in [7, 11) is 0. The van der Waals surface area contributed by atoms with Gasteiger partial charge in [0.2, 0.25) is 0 Å². The van der Waals surface area contributed by atoms with Crippen molar-refractivity contribution in [2.24, 2.45) is 0 Å². The van der Waals surface area contributed by atoms with E-state index in [4.69, 9.17) is 10.8 Å². The van der Waals surface area contributed by atoms with Crippen molar-refractivity contribution in [2.45, 2.75) is 44.6 Å². The van der Waals surface area contributed by atoms with Gasteiger partial charge in [0, 0.05) is 23.8 Å². The first-order chi connectivity index (χ1) is 13.0. The molecule has 0 unspecified atom stereocenters. The molecule has 0 saturated carbocycles. The fourth-order valence-corrected chi connectivity index (χ4v) is 4.18. The van der Waals surface area contributed by atoms with Crippen molar-refractivity contribution in [1.82, 2.24) is 15.1 Å². The highest BCUT2D eigenvalue weighted by Crippen LogP contribution is 2.36. The number of aryl methyl sites for hydroxylation is 2. The second kappa shape index (κ2) is 6.61. The van der Waals surface area contributed by atoms with E-state index in [1.165, 1.54) is 4.68 Å². The number of aromatic nitrogens is 2. The summed E-state index contributed by atoms with van der Waals surface area (Å²) < 4.78 is 1.33. The number of rotatable bonds is 2. The molecule has 142 valence electrons. The molecule has 1 aromatic carbocycles. The first-order valence-electron chi connectivity index (χ1n) is 9.19. The molecule has 0 saturated heterocycles. The Balaban J connectivity index is 1.65. The van der Waals surface area contributed by atoms with Crippen LogP contribution in [0, 0.1) is 6.92 Å². The van der Waals surface area contributed by atoms with E-state index in [1.54, 1.807) is 0 Å². The third kappa shape index (κ3) is 3.01. The highest BCUT2D eigenvalue weighted by molar-refractivity contribution is 5.90. The van der Waals surface area contributed by atoms with Gasteiger partial charge in [-0.05, 0) is 43.7 Å². The van der Waals surface area contributed by atoms with Gasteiger partial charge in [-0.1, -0.05) is 18.2 Å². The number of para-hydroxylation sites is 1. The van der Waals surface area contributed by atoms with Gasteiger partial charge in [-0.25, -0.2) is 4.79 Å². The molecule has 0 radical (unpaired) electrons. The van der Waals surface area contributed by atoms with E-state index in [0.717, 1.165) is 34.6 Å². The average Bonchev–Trinajstić information content (AvgIpc) is 2.97. The van der Waals surface area contributed by atoms with Gasteiger partial charge >= 0.3 is 6.09 Å². The number of nitrogens with two attached hydrogens (primary N) is 1. The number of nitrogen functional groups attached to an aromatic ring is 1. The Labute approximate surface area is 156 Å². The zero-order valence-electron chi connectivity index (χ0n) is 15.2. The minimum atomic E-state index is -1.05. The maximum Gasteiger partial charge on any atom is 0.404 e. The molecule has 8 heteroatoms. The Morgan fingerprint density at radius 2 is 2.19 bits per heavy atom. The second-order valence-corrected chi connectivity index (χ2v) is 7.26. The van der Waals surface area contributed by atoms with E-state index in [2.05, 4.69) is 15.7 Å². The predicted octanol–water partition coefficient (Wildman–Crippen LogP) is 2.14. The Bertz CT molecular complexity index is 920. The van der Waals surface area contributed by atoms with Crippen LogP contribution in [0.4, 0.5) is 16.3 Å². The lowest BCUT2D eigenvalue weighted by Crippen LogP contribution is -2.37. The molecule has 4 rings (SSSR count). The number of carbonyl (C=O) groups is 2. The number of hydrogen-bond acceptors (Lipinski definition) is 5. The number of carbonyl (C=O) groups excluding carboxylic acids is 1. The summed E-state index contributed by atoms with van der Waals surface area (Å²) in [6, 6.07) is 5.76. The highest BCUT2D eigenvalue weighted by Gasteiger charge is 2.33. The van der Waals surface area contributed by atoms with Gasteiger partial charge in [0.1, 0.15) is 5.82 Å². The molecule has 2 aromatic rings. The van der Waals surface area contributed by atoms with E-state index in [-0.39, 0.29) is 17.9 Å². The highest BCUT2D eigenvalue weighted by atomic mass is 16.4. The van der Waals surface area contributed by atoms with Gasteiger partial charge in [0.05, 0.1) is 11.6 Å². The van der Waals surface area contributed by atoms with Gasteiger partial charge in [-0.3, -0.25) is 4.79 Å². The van der Waals surface area contributed by atoms with Gasteiger partial charge in [-0.15, -0.1) is 0 Å². The smallest absolute Gasteiger partial charge is 0.404 e. The topological polar surface area (TPSA) is 122 Å². The number of fused-ring (bicyclic) bond motifs is 2. The van der Waals surface area contributed by atoms with Gasteiger partial charge in [0.25, 0.3) is 5.91 Å². The van der Waals surface area contributed by atoms with Crippen LogP contribution < -0.4 is 16.4 Å². The Kier molecular flexibility index (Phi) is 4.25. The van der Waals surface area contributed by atoms with Gasteiger partial charge < -0.3 is 21.5 Å². The van der Waals surface area contributed by atoms with E-state index < -0.39 is 6.09 Å². The molecule has 0 fully saturated rings. The zero-order chi connectivity index (χ0) is 19.1. The molecule has 0 bridgehead atoms. The largest absolute Gasteiger partial charge is 0.465 e. The van der Waals surface area contributed by atoms with Gasteiger partial charge in [0.15, 0.2) is 0 Å². The van der Waals surface area contributed by atoms with Crippen molar-refractivity contribution in [3.63, 3.8) is 0 Å². The van der Waals surface area contributed by atoms with Gasteiger partial charge in [-0.2, -0.15) is 9.78 Å². The zero-order valence-corrected chi connectivity index (χ0v) is 15.2. The summed E-state index contributed by atoms with van der Waals surface area (Å²) in [6.07, 6.45) is 1.35. The SMILES string of the molecule is Cc1cccc2c1NCC[C@H]2C(=O)n1nc2c(c1N)C[C@@H](NC(=O)O)CC2. The van der Waals surface area contributed by atoms with Crippen LogP contribution in [0.1, 0.15) is 45.9 Å². The predicted molar refractivity (Wildman–Crippen MR) is 101 cm³/mol. The summed E-state index contributed by atoms with van der Waals surface area (Å²) in [5.74, 6) is -0.0876. The monoisotopic (exact) mass is 369 g/mol. The third-order valence-corrected chi connectivity index (χ3v) is 5.54. The lowest BCUT2D eigenvalue weighted by Gasteiger charge is -2.27. The Morgan fingerprint density at radius 3 is 2.96 bits per heavy atom. The lowest BCUT2D eigenvalue weighted by atomic mass is 9.88. The van der Waals surface area contributed by atoms with Crippen LogP contribution in [0.5, 0.6) is 0 Å². The number of anilines is 2. The van der Waals surface area contributed by atoms with Crippen molar-refractivity contribution in [3.8, 4) is 0 Å². The standard InChI is InChI=1S/C19H23N5O3/c1-10-3-2-4-12-13(7-8-21-16(10)12)18(25)24-17(20)14-9-11(22-19(26)27)5-6-15(14)23-24/h2-4,11,13,21-22H,5-9,20H2,1H3,(H,26,27)/t11-,13+/m0/s1. The molecular formula is C19H23N5O3. The molecule has 0 spiro atoms. The van der Waals surface area contributed by atoms with Crippen molar-refractivity contribution >= 4 is 23.5 Å². The molecule has 27 heavy (non-hydrogen) atoms. The van der Waals surface area contributed by atoms with Crippen LogP contribution in [0.15, 0.2) is 18.2 Å². The van der Waals surface area contributed by atoms with Crippen LogP contribution in [-0.2, 0) is 12.8 Å². The summed E-state index contributed by atoms with van der Waals surface area (Å²) >= 11 is 0. The van der Waals surface area contributed by atoms with Crippen LogP contribution in [0.3, 0.4) is 0 Å². The van der Waals surface area contributed by atoms with E-state index in [9.17, 15) is 9.59 Å². The number of amides is 1. The molecule has 1 aliphatic carbocycles. The van der Waals surface area contributed by atoms with Crippen molar-refractivity contribution in [3.05, 3.63) is 40.6 Å². The quantitative estimate of drug-likeness (QED) is 0.643. The molecule has 8 nitrogen and oxygen atoms in total. The first kappa shape index (κ1) is 17.4. The second-order valence-electron chi connectivity index (χ2n) is 7.26. The number of nitrogens with zero attached hydrogens (tertiary/aromatic N) is 2. The number of carboxylic acid groups (broad SMARTS) is 1. The number of benzene rings is 1. The van der Waals surface area contributed by atoms with E-state index in [1.807, 2.05) is 25.1 Å². The average molecular weight is 369 g/mol. The molecule has 2 aliphatic rings. The van der Waals surface area contributed by atoms with Crippen LogP contribution in [-0.4, -0.2) is 39.5 Å². The van der Waals surface area contributed by atoms with Crippen molar-refractivity contribution in [1.29, 1.82) is 0 Å². The number of nitrogens with one attached hydrogen (secondary N) is 2. The molecule has 2 atom stereocenters. The van der Waals surface area contributed by atoms with Crippen LogP contribution in [0.2, 0.25) is 0 Å². The molecule has 1 amide bonds. The fourth-order valence-electron chi connectivity index (χ4n) is 4.18. The van der Waals surface area contributed by atoms with E-state index in [0.29, 0.717) is 31.5 Å². The third-order valence-electron chi connectivity index (χ3n) is 5.54. The normalized spacial score (nSPS) is 20.9. The van der Waals surface area contributed by atoms with Crippen LogP contribution >= 0.6 is 0 Å². The Morgan fingerprint density at radius 1 is 1.37 bits per heavy atom. The molecular weight excluding hydrogens is 346 g/mol. The summed E-state index contributed by atoms with van der Waals surface area (Å²) in [5.41, 5.74) is 10.9. The first-order valence-corrected chi connectivity index (χ1v) is 9.19. The minimum Gasteiger partial charge on any atom is -0.465 e. The van der Waals surface area contributed by atoms with E-state index >= 15 is 0 Å². The molecule has 2 heterocycles. The fraction of sp³-hybridized carbons (Fsp3) is 0.421. The number of hydrogen-bond donors (Lipinski definition) is 4.